The minimum atomic E-state index is 0. The van der Waals surface area contributed by atoms with Crippen molar-refractivity contribution in [2.45, 2.75) is 6.92 Å². The predicted molar refractivity (Wildman–Crippen MR) is 25.8 cm³/mol. The molecule has 0 aromatic carbocycles. The van der Waals surface area contributed by atoms with Crippen LogP contribution < -0.4 is 0 Å². The van der Waals surface area contributed by atoms with Gasteiger partial charge in [0.05, 0.1) is 0 Å². The van der Waals surface area contributed by atoms with Gasteiger partial charge in [-0.2, -0.15) is 0 Å². The van der Waals surface area contributed by atoms with Gasteiger partial charge in [-0.15, -0.1) is 0 Å². The molecule has 0 bridgehead atoms. The minimum absolute atomic E-state index is 0. The second kappa shape index (κ2) is 2.34. The van der Waals surface area contributed by atoms with Crippen LogP contribution in [0.3, 0.4) is 0 Å². The van der Waals surface area contributed by atoms with Crippen LogP contribution in [0.4, 0.5) is 4.70 Å². The summed E-state index contributed by atoms with van der Waals surface area (Å²) in [7, 11) is 0. The number of H-pyrrole nitrogens is 1. The molecule has 3 heteroatoms. The molecule has 1 aromatic rings. The lowest BCUT2D eigenvalue weighted by Gasteiger charge is -1.68. The van der Waals surface area contributed by atoms with E-state index < -0.39 is 0 Å². The van der Waals surface area contributed by atoms with Gasteiger partial charge >= 0.3 is 0 Å². The SMILES string of the molecule is Cc1ncc[nH]1.F. The number of hydrogen-bond donors (Lipinski definition) is 1. The van der Waals surface area contributed by atoms with Crippen LogP contribution >= 0.6 is 0 Å². The van der Waals surface area contributed by atoms with Crippen molar-refractivity contribution >= 4 is 0 Å². The Balaban J connectivity index is 0.000000360. The van der Waals surface area contributed by atoms with Crippen LogP contribution in [-0.2, 0) is 0 Å². The number of halogens is 1. The first kappa shape index (κ1) is 6.14. The standard InChI is InChI=1S/C4H6N2.FH/c1-4-5-2-3-6-4;/h2-3H,1H3,(H,5,6);1H. The second-order valence-corrected chi connectivity index (χ2v) is 1.17. The largest absolute Gasteiger partial charge is 0.349 e. The molecule has 1 rings (SSSR count). The van der Waals surface area contributed by atoms with Crippen molar-refractivity contribution in [2.75, 3.05) is 0 Å². The summed E-state index contributed by atoms with van der Waals surface area (Å²) in [4.78, 5) is 6.75. The van der Waals surface area contributed by atoms with E-state index in [0.717, 1.165) is 5.82 Å². The highest BCUT2D eigenvalue weighted by Gasteiger charge is 1.73. The van der Waals surface area contributed by atoms with Crippen molar-refractivity contribution in [3.05, 3.63) is 18.2 Å². The fraction of sp³-hybridized carbons (Fsp3) is 0.250. The highest BCUT2D eigenvalue weighted by molar-refractivity contribution is 4.80. The van der Waals surface area contributed by atoms with Crippen LogP contribution in [0.25, 0.3) is 0 Å². The Morgan fingerprint density at radius 2 is 2.43 bits per heavy atom. The molecule has 40 valence electrons. The van der Waals surface area contributed by atoms with Gasteiger partial charge in [0.1, 0.15) is 5.82 Å². The molecule has 0 aliphatic heterocycles. The van der Waals surface area contributed by atoms with Gasteiger partial charge < -0.3 is 4.98 Å². The monoisotopic (exact) mass is 102 g/mol. The van der Waals surface area contributed by atoms with E-state index in [1.54, 1.807) is 12.4 Å². The fourth-order valence-corrected chi connectivity index (χ4v) is 0.344. The van der Waals surface area contributed by atoms with Crippen LogP contribution in [0, 0.1) is 6.92 Å². The number of imidazole rings is 1. The molecule has 1 aromatic heterocycles. The van der Waals surface area contributed by atoms with E-state index in [4.69, 9.17) is 0 Å². The first-order valence-electron chi connectivity index (χ1n) is 1.85. The maximum atomic E-state index is 3.86. The van der Waals surface area contributed by atoms with E-state index in [9.17, 15) is 0 Å². The van der Waals surface area contributed by atoms with E-state index in [2.05, 4.69) is 9.97 Å². The zero-order chi connectivity index (χ0) is 4.41. The van der Waals surface area contributed by atoms with Crippen LogP contribution in [0.1, 0.15) is 5.82 Å². The maximum Gasteiger partial charge on any atom is 0.102 e. The van der Waals surface area contributed by atoms with Crippen LogP contribution in [0.2, 0.25) is 0 Å². The van der Waals surface area contributed by atoms with Gasteiger partial charge in [0, 0.05) is 12.4 Å². The average molecular weight is 102 g/mol. The molecule has 0 spiro atoms. The van der Waals surface area contributed by atoms with E-state index >= 15 is 0 Å². The van der Waals surface area contributed by atoms with Gasteiger partial charge in [0.15, 0.2) is 0 Å². The number of nitrogens with one attached hydrogen (secondary N) is 1. The number of hydrogen-bond acceptors (Lipinski definition) is 1. The highest BCUT2D eigenvalue weighted by Crippen LogP contribution is 1.78. The summed E-state index contributed by atoms with van der Waals surface area (Å²) >= 11 is 0. The molecule has 0 saturated carbocycles. The average Bonchev–Trinajstić information content (AvgIpc) is 1.86. The Kier molecular flexibility index (Phi) is 2.05. The summed E-state index contributed by atoms with van der Waals surface area (Å²) in [5, 5.41) is 0. The molecule has 0 aliphatic carbocycles. The van der Waals surface area contributed by atoms with Gasteiger partial charge in [-0.1, -0.05) is 0 Å². The van der Waals surface area contributed by atoms with Gasteiger partial charge in [-0.05, 0) is 6.92 Å². The van der Waals surface area contributed by atoms with Crippen molar-refractivity contribution < 1.29 is 4.70 Å². The predicted octanol–water partition coefficient (Wildman–Crippen LogP) is 0.871. The number of nitrogens with zero attached hydrogens (tertiary/aromatic N) is 1. The maximum absolute atomic E-state index is 3.86. The lowest BCUT2D eigenvalue weighted by Crippen LogP contribution is -1.66. The Morgan fingerprint density at radius 3 is 2.57 bits per heavy atom. The first-order chi connectivity index (χ1) is 2.89. The smallest absolute Gasteiger partial charge is 0.102 e. The fourth-order valence-electron chi connectivity index (χ4n) is 0.344. The molecule has 7 heavy (non-hydrogen) atoms. The van der Waals surface area contributed by atoms with Crippen molar-refractivity contribution in [3.63, 3.8) is 0 Å². The van der Waals surface area contributed by atoms with Crippen molar-refractivity contribution in [3.8, 4) is 0 Å². The molecule has 0 aliphatic rings. The lowest BCUT2D eigenvalue weighted by atomic mass is 10.8. The Hall–Kier alpha value is -0.860. The van der Waals surface area contributed by atoms with Crippen molar-refractivity contribution in [2.24, 2.45) is 0 Å². The molecule has 1 heterocycles. The van der Waals surface area contributed by atoms with E-state index in [-0.39, 0.29) is 4.70 Å². The van der Waals surface area contributed by atoms with E-state index in [0.29, 0.717) is 0 Å². The second-order valence-electron chi connectivity index (χ2n) is 1.17. The Morgan fingerprint density at radius 1 is 1.71 bits per heavy atom. The van der Waals surface area contributed by atoms with Crippen molar-refractivity contribution in [1.29, 1.82) is 0 Å². The molecule has 0 saturated heterocycles. The zero-order valence-corrected chi connectivity index (χ0v) is 4.01. The van der Waals surface area contributed by atoms with Gasteiger partial charge in [0.2, 0.25) is 0 Å². The molecule has 0 atom stereocenters. The summed E-state index contributed by atoms with van der Waals surface area (Å²) in [5.74, 6) is 0.968. The summed E-state index contributed by atoms with van der Waals surface area (Å²) < 4.78 is 0. The number of aromatic nitrogens is 2. The third kappa shape index (κ3) is 1.34. The third-order valence-electron chi connectivity index (χ3n) is 0.635. The highest BCUT2D eigenvalue weighted by atomic mass is 19.0. The third-order valence-corrected chi connectivity index (χ3v) is 0.635. The molecule has 0 fully saturated rings. The number of aryl methyl sites for hydroxylation is 1. The van der Waals surface area contributed by atoms with Crippen LogP contribution in [0.15, 0.2) is 12.4 Å². The molecule has 0 unspecified atom stereocenters. The van der Waals surface area contributed by atoms with E-state index in [1.165, 1.54) is 0 Å². The Labute approximate surface area is 41.0 Å². The molecule has 1 N–H and O–H groups in total. The zero-order valence-electron chi connectivity index (χ0n) is 4.01. The number of rotatable bonds is 0. The summed E-state index contributed by atoms with van der Waals surface area (Å²) in [6, 6.07) is 0. The molecule has 0 radical (unpaired) electrons. The molecular formula is C4H7FN2. The first-order valence-corrected chi connectivity index (χ1v) is 1.85. The van der Waals surface area contributed by atoms with Crippen molar-refractivity contribution in [1.82, 2.24) is 9.97 Å². The lowest BCUT2D eigenvalue weighted by molar-refractivity contribution is 1.11. The summed E-state index contributed by atoms with van der Waals surface area (Å²) in [5.41, 5.74) is 0. The van der Waals surface area contributed by atoms with Gasteiger partial charge in [0.25, 0.3) is 0 Å². The molecule has 0 amide bonds. The van der Waals surface area contributed by atoms with Gasteiger partial charge in [-0.25, -0.2) is 4.98 Å². The Bertz CT molecular complexity index is 113. The van der Waals surface area contributed by atoms with E-state index in [1.807, 2.05) is 6.92 Å². The quantitative estimate of drug-likeness (QED) is 0.517. The molecule has 2 nitrogen and oxygen atoms in total. The normalized spacial score (nSPS) is 7.57. The van der Waals surface area contributed by atoms with Gasteiger partial charge in [-0.3, -0.25) is 4.70 Å². The summed E-state index contributed by atoms with van der Waals surface area (Å²) in [6.07, 6.45) is 3.53. The molecular weight excluding hydrogens is 95.1 g/mol. The minimum Gasteiger partial charge on any atom is -0.349 e. The van der Waals surface area contributed by atoms with Crippen LogP contribution in [0.5, 0.6) is 0 Å². The number of aromatic amines is 1. The van der Waals surface area contributed by atoms with Crippen LogP contribution in [-0.4, -0.2) is 9.97 Å². The summed E-state index contributed by atoms with van der Waals surface area (Å²) in [6.45, 7) is 1.92. The topological polar surface area (TPSA) is 28.7 Å².